The number of ether oxygens (including phenoxy) is 1. The van der Waals surface area contributed by atoms with Gasteiger partial charge < -0.3 is 9.30 Å². The number of nitrogens with zero attached hydrogens (tertiary/aromatic N) is 2. The molecule has 0 atom stereocenters. The molecule has 2 heterocycles. The summed E-state index contributed by atoms with van der Waals surface area (Å²) < 4.78 is 7.04. The van der Waals surface area contributed by atoms with Crippen molar-refractivity contribution in [3.8, 4) is 5.88 Å². The van der Waals surface area contributed by atoms with Crippen LogP contribution in [0.3, 0.4) is 0 Å². The molecular weight excluding hydrogens is 152 g/mol. The smallest absolute Gasteiger partial charge is 0.213 e. The number of rotatable bonds is 1. The molecule has 0 radical (unpaired) electrons. The van der Waals surface area contributed by atoms with E-state index in [2.05, 4.69) is 4.98 Å². The van der Waals surface area contributed by atoms with Gasteiger partial charge in [0.05, 0.1) is 18.1 Å². The zero-order valence-corrected chi connectivity index (χ0v) is 7.11. The Morgan fingerprint density at radius 3 is 2.92 bits per heavy atom. The van der Waals surface area contributed by atoms with E-state index in [-0.39, 0.29) is 0 Å². The van der Waals surface area contributed by atoms with Gasteiger partial charge in [0.1, 0.15) is 0 Å². The van der Waals surface area contributed by atoms with E-state index in [1.54, 1.807) is 7.11 Å². The van der Waals surface area contributed by atoms with E-state index < -0.39 is 0 Å². The second kappa shape index (κ2) is 2.52. The van der Waals surface area contributed by atoms with Crippen molar-refractivity contribution >= 4 is 11.0 Å². The summed E-state index contributed by atoms with van der Waals surface area (Å²) in [5, 5.41) is 0. The minimum absolute atomic E-state index is 0.661. The molecule has 0 spiro atoms. The summed E-state index contributed by atoms with van der Waals surface area (Å²) in [6, 6.07) is 5.83. The molecule has 2 aromatic heterocycles. The Balaban J connectivity index is 2.69. The molecule has 0 aliphatic carbocycles. The highest BCUT2D eigenvalue weighted by Gasteiger charge is 1.99. The van der Waals surface area contributed by atoms with E-state index in [1.807, 2.05) is 36.0 Å². The van der Waals surface area contributed by atoms with Crippen LogP contribution in [0, 0.1) is 0 Å². The lowest BCUT2D eigenvalue weighted by Gasteiger charge is -1.98. The third-order valence-electron chi connectivity index (χ3n) is 1.92. The van der Waals surface area contributed by atoms with Gasteiger partial charge in [-0.2, -0.15) is 0 Å². The minimum Gasteiger partial charge on any atom is -0.481 e. The van der Waals surface area contributed by atoms with Crippen LogP contribution in [0.25, 0.3) is 11.0 Å². The van der Waals surface area contributed by atoms with Crippen LogP contribution in [0.5, 0.6) is 5.88 Å². The molecule has 0 aliphatic heterocycles. The number of aromatic nitrogens is 2. The Morgan fingerprint density at radius 1 is 1.33 bits per heavy atom. The predicted octanol–water partition coefficient (Wildman–Crippen LogP) is 1.58. The Labute approximate surface area is 70.6 Å². The molecule has 2 aromatic rings. The summed E-state index contributed by atoms with van der Waals surface area (Å²) in [7, 11) is 3.62. The first kappa shape index (κ1) is 7.16. The fraction of sp³-hybridized carbons (Fsp3) is 0.222. The zero-order chi connectivity index (χ0) is 8.55. The van der Waals surface area contributed by atoms with E-state index in [0.29, 0.717) is 5.88 Å². The van der Waals surface area contributed by atoms with E-state index in [0.717, 1.165) is 11.0 Å². The summed E-state index contributed by atoms with van der Waals surface area (Å²) in [4.78, 5) is 4.27. The number of hydrogen-bond acceptors (Lipinski definition) is 2. The minimum atomic E-state index is 0.661. The van der Waals surface area contributed by atoms with Crippen LogP contribution >= 0.6 is 0 Å². The second-order valence-corrected chi connectivity index (χ2v) is 2.68. The number of hydrogen-bond donors (Lipinski definition) is 0. The van der Waals surface area contributed by atoms with E-state index in [1.165, 1.54) is 0 Å². The summed E-state index contributed by atoms with van der Waals surface area (Å²) in [5.41, 5.74) is 2.09. The maximum atomic E-state index is 5.01. The zero-order valence-electron chi connectivity index (χ0n) is 7.11. The van der Waals surface area contributed by atoms with Gasteiger partial charge in [0.15, 0.2) is 0 Å². The van der Waals surface area contributed by atoms with Gasteiger partial charge in [-0.25, -0.2) is 4.98 Å². The van der Waals surface area contributed by atoms with Crippen molar-refractivity contribution < 1.29 is 4.74 Å². The van der Waals surface area contributed by atoms with Crippen molar-refractivity contribution in [2.24, 2.45) is 7.05 Å². The Kier molecular flexibility index (Phi) is 1.50. The van der Waals surface area contributed by atoms with Crippen molar-refractivity contribution in [3.63, 3.8) is 0 Å². The van der Waals surface area contributed by atoms with Crippen molar-refractivity contribution in [2.45, 2.75) is 0 Å². The quantitative estimate of drug-likeness (QED) is 0.636. The lowest BCUT2D eigenvalue weighted by molar-refractivity contribution is 0.399. The van der Waals surface area contributed by atoms with Gasteiger partial charge in [0, 0.05) is 19.3 Å². The second-order valence-electron chi connectivity index (χ2n) is 2.68. The van der Waals surface area contributed by atoms with Gasteiger partial charge in [-0.1, -0.05) is 0 Å². The predicted molar refractivity (Wildman–Crippen MR) is 47.3 cm³/mol. The Hall–Kier alpha value is -1.51. The van der Waals surface area contributed by atoms with Gasteiger partial charge in [-0.3, -0.25) is 0 Å². The van der Waals surface area contributed by atoms with Crippen molar-refractivity contribution in [3.05, 3.63) is 24.4 Å². The van der Waals surface area contributed by atoms with Gasteiger partial charge in [0.25, 0.3) is 0 Å². The molecule has 0 N–H and O–H groups in total. The third-order valence-corrected chi connectivity index (χ3v) is 1.92. The summed E-state index contributed by atoms with van der Waals surface area (Å²) in [6.45, 7) is 0. The lowest BCUT2D eigenvalue weighted by atomic mass is 10.4. The molecule has 0 saturated heterocycles. The van der Waals surface area contributed by atoms with Gasteiger partial charge in [-0.05, 0) is 12.1 Å². The first-order valence-electron chi connectivity index (χ1n) is 3.77. The average Bonchev–Trinajstić information content (AvgIpc) is 2.47. The van der Waals surface area contributed by atoms with Crippen molar-refractivity contribution in [1.82, 2.24) is 9.55 Å². The standard InChI is InChI=1S/C9H10N2O/c1-11-6-5-7-8(11)3-4-9(10-7)12-2/h3-6H,1-2H3. The highest BCUT2D eigenvalue weighted by atomic mass is 16.5. The van der Waals surface area contributed by atoms with E-state index in [9.17, 15) is 0 Å². The molecule has 3 heteroatoms. The van der Waals surface area contributed by atoms with Gasteiger partial charge in [-0.15, -0.1) is 0 Å². The highest BCUT2D eigenvalue weighted by molar-refractivity contribution is 5.76. The molecule has 0 aromatic carbocycles. The van der Waals surface area contributed by atoms with Gasteiger partial charge in [0.2, 0.25) is 5.88 Å². The first-order chi connectivity index (χ1) is 5.81. The fourth-order valence-corrected chi connectivity index (χ4v) is 1.25. The summed E-state index contributed by atoms with van der Waals surface area (Å²) >= 11 is 0. The molecule has 2 rings (SSSR count). The fourth-order valence-electron chi connectivity index (χ4n) is 1.25. The third kappa shape index (κ3) is 0.942. The molecule has 62 valence electrons. The molecule has 0 saturated carbocycles. The van der Waals surface area contributed by atoms with Crippen LogP contribution in [-0.4, -0.2) is 16.7 Å². The van der Waals surface area contributed by atoms with Crippen LogP contribution < -0.4 is 4.74 Å². The average molecular weight is 162 g/mol. The van der Waals surface area contributed by atoms with Crippen LogP contribution in [0.15, 0.2) is 24.4 Å². The highest BCUT2D eigenvalue weighted by Crippen LogP contribution is 2.16. The number of fused-ring (bicyclic) bond motifs is 1. The molecule has 0 amide bonds. The summed E-state index contributed by atoms with van der Waals surface area (Å²) in [6.07, 6.45) is 1.98. The molecule has 0 aliphatic rings. The Morgan fingerprint density at radius 2 is 2.17 bits per heavy atom. The summed E-state index contributed by atoms with van der Waals surface area (Å²) in [5.74, 6) is 0.661. The number of pyridine rings is 1. The molecule has 0 bridgehead atoms. The normalized spacial score (nSPS) is 10.5. The van der Waals surface area contributed by atoms with Crippen molar-refractivity contribution in [2.75, 3.05) is 7.11 Å². The SMILES string of the molecule is COc1ccc2c(ccn2C)n1. The Bertz CT molecular complexity index is 406. The molecular formula is C9H10N2O. The number of methoxy groups -OCH3 is 1. The van der Waals surface area contributed by atoms with Gasteiger partial charge >= 0.3 is 0 Å². The molecule has 0 unspecified atom stereocenters. The lowest BCUT2D eigenvalue weighted by Crippen LogP contribution is -1.88. The van der Waals surface area contributed by atoms with Crippen LogP contribution in [0.1, 0.15) is 0 Å². The molecule has 12 heavy (non-hydrogen) atoms. The van der Waals surface area contributed by atoms with Crippen LogP contribution in [0.2, 0.25) is 0 Å². The topological polar surface area (TPSA) is 27.1 Å². The monoisotopic (exact) mass is 162 g/mol. The van der Waals surface area contributed by atoms with Crippen LogP contribution in [-0.2, 0) is 7.05 Å². The maximum absolute atomic E-state index is 5.01. The molecule has 3 nitrogen and oxygen atoms in total. The molecule has 0 fully saturated rings. The maximum Gasteiger partial charge on any atom is 0.213 e. The first-order valence-corrected chi connectivity index (χ1v) is 3.77. The largest absolute Gasteiger partial charge is 0.481 e. The van der Waals surface area contributed by atoms with Crippen molar-refractivity contribution in [1.29, 1.82) is 0 Å². The van der Waals surface area contributed by atoms with E-state index in [4.69, 9.17) is 4.74 Å². The van der Waals surface area contributed by atoms with E-state index >= 15 is 0 Å². The number of aryl methyl sites for hydroxylation is 1. The van der Waals surface area contributed by atoms with Crippen LogP contribution in [0.4, 0.5) is 0 Å².